The van der Waals surface area contributed by atoms with E-state index in [1.807, 2.05) is 6.92 Å². The van der Waals surface area contributed by atoms with E-state index >= 15 is 0 Å². The zero-order chi connectivity index (χ0) is 17.6. The lowest BCUT2D eigenvalue weighted by atomic mass is 9.72. The van der Waals surface area contributed by atoms with Crippen molar-refractivity contribution in [1.29, 1.82) is 0 Å². The smallest absolute Gasteiger partial charge is 0.233 e. The number of carbonyl (C=O) groups is 2. The van der Waals surface area contributed by atoms with Gasteiger partial charge in [0.2, 0.25) is 11.8 Å². The van der Waals surface area contributed by atoms with Crippen molar-refractivity contribution < 1.29 is 19.1 Å². The van der Waals surface area contributed by atoms with Gasteiger partial charge in [0.25, 0.3) is 0 Å². The monoisotopic (exact) mass is 327 g/mol. The van der Waals surface area contributed by atoms with Crippen LogP contribution in [0.15, 0.2) is 0 Å². The van der Waals surface area contributed by atoms with E-state index < -0.39 is 0 Å². The SMILES string of the molecule is CCC(C)CC(C)(C)C1CC(=O)N(CC(C)OCCOC)C1=O. The molecule has 0 saturated carbocycles. The molecule has 0 aliphatic carbocycles. The summed E-state index contributed by atoms with van der Waals surface area (Å²) in [5.74, 6) is 0.235. The Kier molecular flexibility index (Phi) is 7.68. The quantitative estimate of drug-likeness (QED) is 0.457. The molecule has 0 aromatic carbocycles. The molecule has 0 aromatic heterocycles. The van der Waals surface area contributed by atoms with E-state index in [0.717, 1.165) is 12.8 Å². The van der Waals surface area contributed by atoms with Gasteiger partial charge in [0, 0.05) is 13.5 Å². The maximum Gasteiger partial charge on any atom is 0.233 e. The number of ether oxygens (including phenoxy) is 2. The summed E-state index contributed by atoms with van der Waals surface area (Å²) in [6.07, 6.45) is 2.20. The van der Waals surface area contributed by atoms with Gasteiger partial charge < -0.3 is 9.47 Å². The van der Waals surface area contributed by atoms with Crippen molar-refractivity contribution in [2.24, 2.45) is 17.3 Å². The average molecular weight is 327 g/mol. The van der Waals surface area contributed by atoms with Crippen LogP contribution in [0.25, 0.3) is 0 Å². The van der Waals surface area contributed by atoms with Crippen molar-refractivity contribution in [3.05, 3.63) is 0 Å². The van der Waals surface area contributed by atoms with Crippen LogP contribution in [0.1, 0.15) is 53.9 Å². The van der Waals surface area contributed by atoms with Gasteiger partial charge in [-0.05, 0) is 24.7 Å². The van der Waals surface area contributed by atoms with Gasteiger partial charge in [-0.15, -0.1) is 0 Å². The normalized spacial score (nSPS) is 21.8. The number of carbonyl (C=O) groups excluding carboxylic acids is 2. The van der Waals surface area contributed by atoms with E-state index in [1.165, 1.54) is 4.90 Å². The van der Waals surface area contributed by atoms with E-state index in [0.29, 0.717) is 32.1 Å². The molecule has 23 heavy (non-hydrogen) atoms. The number of rotatable bonds is 10. The lowest BCUT2D eigenvalue weighted by molar-refractivity contribution is -0.142. The van der Waals surface area contributed by atoms with E-state index in [-0.39, 0.29) is 29.3 Å². The first kappa shape index (κ1) is 20.1. The molecule has 5 nitrogen and oxygen atoms in total. The van der Waals surface area contributed by atoms with Gasteiger partial charge in [-0.25, -0.2) is 0 Å². The number of imide groups is 1. The van der Waals surface area contributed by atoms with Crippen molar-refractivity contribution in [3.63, 3.8) is 0 Å². The Hall–Kier alpha value is -0.940. The largest absolute Gasteiger partial charge is 0.382 e. The van der Waals surface area contributed by atoms with Crippen molar-refractivity contribution in [2.75, 3.05) is 26.9 Å². The minimum Gasteiger partial charge on any atom is -0.382 e. The molecule has 1 heterocycles. The maximum absolute atomic E-state index is 12.7. The second-order valence-electron chi connectivity index (χ2n) is 7.48. The predicted octanol–water partition coefficient (Wildman–Crippen LogP) is 2.88. The summed E-state index contributed by atoms with van der Waals surface area (Å²) in [6, 6.07) is 0. The van der Waals surface area contributed by atoms with Crippen LogP contribution in [0.4, 0.5) is 0 Å². The van der Waals surface area contributed by atoms with Gasteiger partial charge in [0.05, 0.1) is 31.8 Å². The van der Waals surface area contributed by atoms with E-state index in [4.69, 9.17) is 9.47 Å². The molecule has 0 aromatic rings. The topological polar surface area (TPSA) is 55.8 Å². The highest BCUT2D eigenvalue weighted by Gasteiger charge is 2.46. The summed E-state index contributed by atoms with van der Waals surface area (Å²) in [5, 5.41) is 0. The molecule has 2 amide bonds. The highest BCUT2D eigenvalue weighted by atomic mass is 16.5. The fraction of sp³-hybridized carbons (Fsp3) is 0.889. The molecule has 1 aliphatic heterocycles. The molecular weight excluding hydrogens is 294 g/mol. The molecule has 1 aliphatic rings. The molecule has 0 radical (unpaired) electrons. The van der Waals surface area contributed by atoms with Crippen LogP contribution >= 0.6 is 0 Å². The van der Waals surface area contributed by atoms with Crippen LogP contribution < -0.4 is 0 Å². The number of hydrogen-bond donors (Lipinski definition) is 0. The van der Waals surface area contributed by atoms with Crippen LogP contribution in [0, 0.1) is 17.3 Å². The minimum atomic E-state index is -0.213. The predicted molar refractivity (Wildman–Crippen MR) is 90.0 cm³/mol. The van der Waals surface area contributed by atoms with Gasteiger partial charge in [-0.3, -0.25) is 14.5 Å². The second-order valence-corrected chi connectivity index (χ2v) is 7.48. The second kappa shape index (κ2) is 8.78. The molecule has 1 fully saturated rings. The van der Waals surface area contributed by atoms with Crippen molar-refractivity contribution in [3.8, 4) is 0 Å². The van der Waals surface area contributed by atoms with E-state index in [2.05, 4.69) is 27.7 Å². The van der Waals surface area contributed by atoms with Crippen molar-refractivity contribution in [2.45, 2.75) is 60.0 Å². The molecule has 0 bridgehead atoms. The summed E-state index contributed by atoms with van der Waals surface area (Å²) in [6.45, 7) is 11.8. The Bertz CT molecular complexity index is 408. The van der Waals surface area contributed by atoms with Gasteiger partial charge in [0.1, 0.15) is 0 Å². The van der Waals surface area contributed by atoms with Crippen LogP contribution in [-0.2, 0) is 19.1 Å². The lowest BCUT2D eigenvalue weighted by Gasteiger charge is -2.32. The van der Waals surface area contributed by atoms with Gasteiger partial charge in [-0.1, -0.05) is 34.1 Å². The van der Waals surface area contributed by atoms with E-state index in [9.17, 15) is 9.59 Å². The zero-order valence-corrected chi connectivity index (χ0v) is 15.6. The summed E-state index contributed by atoms with van der Waals surface area (Å²) in [4.78, 5) is 26.4. The molecule has 3 atom stereocenters. The number of hydrogen-bond acceptors (Lipinski definition) is 4. The third-order valence-electron chi connectivity index (χ3n) is 4.89. The Balaban J connectivity index is 2.65. The minimum absolute atomic E-state index is 0.0366. The molecule has 1 saturated heterocycles. The molecule has 0 N–H and O–H groups in total. The van der Waals surface area contributed by atoms with Crippen LogP contribution in [0.5, 0.6) is 0 Å². The number of amides is 2. The van der Waals surface area contributed by atoms with Gasteiger partial charge in [0.15, 0.2) is 0 Å². The van der Waals surface area contributed by atoms with Crippen molar-refractivity contribution in [1.82, 2.24) is 4.90 Å². The highest BCUT2D eigenvalue weighted by Crippen LogP contribution is 2.41. The third-order valence-corrected chi connectivity index (χ3v) is 4.89. The first-order valence-corrected chi connectivity index (χ1v) is 8.67. The Morgan fingerprint density at radius 1 is 1.26 bits per heavy atom. The summed E-state index contributed by atoms with van der Waals surface area (Å²) >= 11 is 0. The fourth-order valence-corrected chi connectivity index (χ4v) is 3.31. The molecule has 134 valence electrons. The number of likely N-dealkylation sites (tertiary alicyclic amines) is 1. The van der Waals surface area contributed by atoms with Crippen LogP contribution in [-0.4, -0.2) is 49.7 Å². The number of nitrogens with zero attached hydrogens (tertiary/aromatic N) is 1. The average Bonchev–Trinajstić information content (AvgIpc) is 2.76. The summed E-state index contributed by atoms with van der Waals surface area (Å²) in [7, 11) is 1.62. The molecular formula is C18H33NO4. The zero-order valence-electron chi connectivity index (χ0n) is 15.6. The van der Waals surface area contributed by atoms with Crippen LogP contribution in [0.2, 0.25) is 0 Å². The lowest BCUT2D eigenvalue weighted by Crippen LogP contribution is -2.40. The van der Waals surface area contributed by atoms with Gasteiger partial charge in [-0.2, -0.15) is 0 Å². The Morgan fingerprint density at radius 2 is 1.91 bits per heavy atom. The third kappa shape index (κ3) is 5.57. The summed E-state index contributed by atoms with van der Waals surface area (Å²) in [5.41, 5.74) is -0.156. The molecule has 0 spiro atoms. The van der Waals surface area contributed by atoms with E-state index in [1.54, 1.807) is 7.11 Å². The van der Waals surface area contributed by atoms with Crippen molar-refractivity contribution >= 4 is 11.8 Å². The first-order chi connectivity index (χ1) is 10.7. The molecule has 5 heteroatoms. The Morgan fingerprint density at radius 3 is 2.48 bits per heavy atom. The standard InChI is InChI=1S/C18H33NO4/c1-7-13(2)11-18(4,5)15-10-16(20)19(17(15)21)12-14(3)23-9-8-22-6/h13-15H,7-12H2,1-6H3. The number of methoxy groups -OCH3 is 1. The van der Waals surface area contributed by atoms with Gasteiger partial charge >= 0.3 is 0 Å². The summed E-state index contributed by atoms with van der Waals surface area (Å²) < 4.78 is 10.5. The molecule has 1 rings (SSSR count). The van der Waals surface area contributed by atoms with Crippen LogP contribution in [0.3, 0.4) is 0 Å². The maximum atomic E-state index is 12.7. The Labute approximate surface area is 140 Å². The highest BCUT2D eigenvalue weighted by molar-refractivity contribution is 6.03. The fourth-order valence-electron chi connectivity index (χ4n) is 3.31. The molecule has 3 unspecified atom stereocenters. The first-order valence-electron chi connectivity index (χ1n) is 8.67.